The monoisotopic (exact) mass is 296 g/mol. The van der Waals surface area contributed by atoms with Crippen LogP contribution in [0.4, 0.5) is 0 Å². The van der Waals surface area contributed by atoms with Crippen LogP contribution >= 0.6 is 0 Å². The maximum atomic E-state index is 6.75. The average molecular weight is 297 g/mol. The van der Waals surface area contributed by atoms with Gasteiger partial charge in [-0.3, -0.25) is 0 Å². The average Bonchev–Trinajstić information content (AvgIpc) is 2.48. The third-order valence-electron chi connectivity index (χ3n) is 6.26. The van der Waals surface area contributed by atoms with E-state index >= 15 is 0 Å². The smallest absolute Gasteiger partial charge is 0.184 e. The van der Waals surface area contributed by atoms with Crippen LogP contribution in [-0.2, 0) is 9.16 Å². The maximum Gasteiger partial charge on any atom is 0.184 e. The zero-order valence-corrected chi connectivity index (χ0v) is 15.2. The summed E-state index contributed by atoms with van der Waals surface area (Å²) in [5.74, 6) is 0.751. The van der Waals surface area contributed by atoms with E-state index in [1.54, 1.807) is 0 Å². The van der Waals surface area contributed by atoms with Crippen LogP contribution in [0.3, 0.4) is 0 Å². The summed E-state index contributed by atoms with van der Waals surface area (Å²) in [4.78, 5) is 0. The first-order valence-electron chi connectivity index (χ1n) is 8.43. The zero-order chi connectivity index (χ0) is 14.8. The van der Waals surface area contributed by atoms with Crippen molar-refractivity contribution in [1.82, 2.24) is 0 Å². The maximum absolute atomic E-state index is 6.75. The van der Waals surface area contributed by atoms with Gasteiger partial charge in [-0.1, -0.05) is 6.92 Å². The van der Waals surface area contributed by atoms with Gasteiger partial charge in [-0.25, -0.2) is 0 Å². The molecule has 116 valence electrons. The molecule has 0 aromatic rings. The fraction of sp³-hybridized carbons (Fsp3) is 1.00. The Morgan fingerprint density at radius 1 is 1.00 bits per heavy atom. The number of hydrogen-bond donors (Lipinski definition) is 0. The van der Waals surface area contributed by atoms with E-state index in [-0.39, 0.29) is 11.2 Å². The molecule has 1 saturated heterocycles. The Kier molecular flexibility index (Phi) is 3.26. The van der Waals surface area contributed by atoms with Gasteiger partial charge in [-0.2, -0.15) is 0 Å². The largest absolute Gasteiger partial charge is 0.415 e. The van der Waals surface area contributed by atoms with E-state index < -0.39 is 8.32 Å². The summed E-state index contributed by atoms with van der Waals surface area (Å²) in [5, 5.41) is 0. The van der Waals surface area contributed by atoms with E-state index in [9.17, 15) is 0 Å². The van der Waals surface area contributed by atoms with Gasteiger partial charge in [0.25, 0.3) is 0 Å². The van der Waals surface area contributed by atoms with Gasteiger partial charge in [-0.15, -0.1) is 0 Å². The van der Waals surface area contributed by atoms with Gasteiger partial charge in [-0.05, 0) is 76.9 Å². The molecule has 4 atom stereocenters. The number of rotatable bonds is 2. The van der Waals surface area contributed by atoms with Gasteiger partial charge in [0.1, 0.15) is 0 Å². The molecule has 0 radical (unpaired) electrons. The Balaban J connectivity index is 1.84. The molecule has 2 saturated carbocycles. The number of fused-ring (bicyclic) bond motifs is 1. The van der Waals surface area contributed by atoms with Gasteiger partial charge in [0.2, 0.25) is 0 Å². The quantitative estimate of drug-likeness (QED) is 0.685. The van der Waals surface area contributed by atoms with Crippen molar-refractivity contribution in [3.05, 3.63) is 0 Å². The highest BCUT2D eigenvalue weighted by Crippen LogP contribution is 2.64. The van der Waals surface area contributed by atoms with Gasteiger partial charge in [0.15, 0.2) is 8.32 Å². The van der Waals surface area contributed by atoms with Crippen molar-refractivity contribution in [2.75, 3.05) is 0 Å². The second kappa shape index (κ2) is 4.33. The Morgan fingerprint density at radius 3 is 2.30 bits per heavy atom. The van der Waals surface area contributed by atoms with E-state index in [1.807, 2.05) is 0 Å². The van der Waals surface area contributed by atoms with E-state index in [2.05, 4.69) is 40.4 Å². The second-order valence-corrected chi connectivity index (χ2v) is 13.8. The summed E-state index contributed by atoms with van der Waals surface area (Å²) in [6.45, 7) is 14.0. The first kappa shape index (κ1) is 15.0. The number of hydrogen-bond acceptors (Lipinski definition) is 2. The first-order valence-corrected chi connectivity index (χ1v) is 11.8. The molecule has 1 heterocycles. The second-order valence-electron chi connectivity index (χ2n) is 9.30. The standard InChI is InChI=1S/C17H32O2Si/c1-15(2)13-7-9-16(3)10-8-14(18-20(4,5)6)12-17(16,11-13)19-15/h13-14H,7-12H2,1-6H3/t13-,14-,16+,17-/m0/s1. The van der Waals surface area contributed by atoms with Crippen LogP contribution in [0.15, 0.2) is 0 Å². The molecule has 0 N–H and O–H groups in total. The molecule has 0 unspecified atom stereocenters. The van der Waals surface area contributed by atoms with Gasteiger partial charge >= 0.3 is 0 Å². The van der Waals surface area contributed by atoms with E-state index in [0.29, 0.717) is 11.5 Å². The molecule has 0 aromatic carbocycles. The van der Waals surface area contributed by atoms with Gasteiger partial charge in [0.05, 0.1) is 11.2 Å². The third kappa shape index (κ3) is 2.30. The molecule has 2 aliphatic carbocycles. The lowest BCUT2D eigenvalue weighted by Crippen LogP contribution is -2.55. The van der Waals surface area contributed by atoms with E-state index in [0.717, 1.165) is 12.3 Å². The molecule has 2 bridgehead atoms. The molecule has 2 nitrogen and oxygen atoms in total. The van der Waals surface area contributed by atoms with Crippen molar-refractivity contribution in [3.63, 3.8) is 0 Å². The van der Waals surface area contributed by atoms with Crippen LogP contribution in [0.2, 0.25) is 19.6 Å². The number of ether oxygens (including phenoxy) is 1. The minimum atomic E-state index is -1.45. The van der Waals surface area contributed by atoms with Crippen LogP contribution in [0.5, 0.6) is 0 Å². The molecule has 0 aromatic heterocycles. The van der Waals surface area contributed by atoms with E-state index in [1.165, 1.54) is 32.1 Å². The normalized spacial score (nSPS) is 47.1. The minimum absolute atomic E-state index is 0.0683. The molecule has 3 heteroatoms. The van der Waals surface area contributed by atoms with Crippen molar-refractivity contribution >= 4 is 8.32 Å². The highest BCUT2D eigenvalue weighted by atomic mass is 28.4. The summed E-state index contributed by atoms with van der Waals surface area (Å²) >= 11 is 0. The fourth-order valence-corrected chi connectivity index (χ4v) is 6.29. The van der Waals surface area contributed by atoms with Gasteiger partial charge < -0.3 is 9.16 Å². The molecular formula is C17H32O2Si. The molecule has 3 fully saturated rings. The molecule has 1 aliphatic heterocycles. The topological polar surface area (TPSA) is 18.5 Å². The lowest BCUT2D eigenvalue weighted by atomic mass is 9.55. The Morgan fingerprint density at radius 2 is 1.65 bits per heavy atom. The lowest BCUT2D eigenvalue weighted by Gasteiger charge is -2.54. The van der Waals surface area contributed by atoms with E-state index in [4.69, 9.17) is 9.16 Å². The summed E-state index contributed by atoms with van der Waals surface area (Å²) < 4.78 is 13.2. The molecule has 1 spiro atoms. The molecule has 3 rings (SSSR count). The SMILES string of the molecule is CC1(C)O[C@@]23C[C@@H](O[Si](C)(C)C)CC[C@@]2(C)CC[C@H]1C3. The third-order valence-corrected chi connectivity index (χ3v) is 7.30. The summed E-state index contributed by atoms with van der Waals surface area (Å²) in [6.07, 6.45) is 8.05. The van der Waals surface area contributed by atoms with Gasteiger partial charge in [0, 0.05) is 12.5 Å². The van der Waals surface area contributed by atoms with Crippen LogP contribution in [0.25, 0.3) is 0 Å². The first-order chi connectivity index (χ1) is 9.05. The van der Waals surface area contributed by atoms with Crippen molar-refractivity contribution in [3.8, 4) is 0 Å². The summed E-state index contributed by atoms with van der Waals surface area (Å²) in [7, 11) is -1.45. The summed E-state index contributed by atoms with van der Waals surface area (Å²) in [6, 6.07) is 0. The van der Waals surface area contributed by atoms with Crippen LogP contribution in [0.1, 0.15) is 59.3 Å². The minimum Gasteiger partial charge on any atom is -0.415 e. The van der Waals surface area contributed by atoms with Crippen LogP contribution in [-0.4, -0.2) is 25.6 Å². The lowest BCUT2D eigenvalue weighted by molar-refractivity contribution is -0.183. The molecule has 0 amide bonds. The highest BCUT2D eigenvalue weighted by Gasteiger charge is 2.64. The zero-order valence-electron chi connectivity index (χ0n) is 14.2. The Bertz CT molecular complexity index is 400. The highest BCUT2D eigenvalue weighted by molar-refractivity contribution is 6.69. The van der Waals surface area contributed by atoms with Crippen molar-refractivity contribution in [2.45, 2.75) is 96.2 Å². The fourth-order valence-electron chi connectivity index (χ4n) is 5.09. The van der Waals surface area contributed by atoms with Crippen molar-refractivity contribution in [1.29, 1.82) is 0 Å². The Labute approximate surface area is 125 Å². The predicted molar refractivity (Wildman–Crippen MR) is 85.4 cm³/mol. The van der Waals surface area contributed by atoms with Crippen molar-refractivity contribution < 1.29 is 9.16 Å². The van der Waals surface area contributed by atoms with Crippen LogP contribution in [0, 0.1) is 11.3 Å². The molecule has 3 aliphatic rings. The van der Waals surface area contributed by atoms with Crippen molar-refractivity contribution in [2.24, 2.45) is 11.3 Å². The summed E-state index contributed by atoms with van der Waals surface area (Å²) in [5.41, 5.74) is 0.553. The van der Waals surface area contributed by atoms with Crippen LogP contribution < -0.4 is 0 Å². The Hall–Kier alpha value is 0.137. The molecular weight excluding hydrogens is 264 g/mol. The molecule has 20 heavy (non-hydrogen) atoms. The predicted octanol–water partition coefficient (Wildman–Crippen LogP) is 4.74.